The lowest BCUT2D eigenvalue weighted by Gasteiger charge is -2.12. The molecule has 1 aromatic heterocycles. The minimum absolute atomic E-state index is 0.0268. The van der Waals surface area contributed by atoms with Crippen LogP contribution in [0.2, 0.25) is 5.02 Å². The predicted molar refractivity (Wildman–Crippen MR) is 117 cm³/mol. The maximum atomic E-state index is 13.2. The fourth-order valence-electron chi connectivity index (χ4n) is 3.03. The number of hydrogen-bond donors (Lipinski definition) is 1. The minimum Gasteiger partial charge on any atom is -0.487 e. The van der Waals surface area contributed by atoms with Gasteiger partial charge in [-0.1, -0.05) is 59.2 Å². The van der Waals surface area contributed by atoms with Crippen LogP contribution in [0.4, 0.5) is 13.2 Å². The topological polar surface area (TPSA) is 92.9 Å². The molecule has 0 saturated carbocycles. The van der Waals surface area contributed by atoms with Crippen molar-refractivity contribution in [3.63, 3.8) is 0 Å². The van der Waals surface area contributed by atoms with Crippen LogP contribution < -0.4 is 4.74 Å². The third-order valence-corrected chi connectivity index (χ3v) is 4.89. The monoisotopic (exact) mass is 494 g/mol. The lowest BCUT2D eigenvalue weighted by Crippen LogP contribution is -2.25. The Morgan fingerprint density at radius 2 is 1.82 bits per heavy atom. The van der Waals surface area contributed by atoms with Crippen molar-refractivity contribution in [3.8, 4) is 17.0 Å². The first-order chi connectivity index (χ1) is 16.0. The van der Waals surface area contributed by atoms with E-state index in [9.17, 15) is 27.9 Å². The van der Waals surface area contributed by atoms with Gasteiger partial charge in [-0.3, -0.25) is 4.79 Å². The second kappa shape index (κ2) is 10.0. The molecule has 7 nitrogen and oxygen atoms in total. The van der Waals surface area contributed by atoms with E-state index in [1.54, 1.807) is 6.07 Å². The van der Waals surface area contributed by atoms with Gasteiger partial charge < -0.3 is 19.3 Å². The summed E-state index contributed by atoms with van der Waals surface area (Å²) in [5.74, 6) is -4.58. The molecular formula is C23H18ClF3N2O5. The molecule has 0 amide bonds. The summed E-state index contributed by atoms with van der Waals surface area (Å²) < 4.78 is 50.2. The van der Waals surface area contributed by atoms with Crippen LogP contribution >= 0.6 is 11.6 Å². The number of carboxylic acid groups (broad SMARTS) is 1. The van der Waals surface area contributed by atoms with E-state index in [2.05, 4.69) is 5.16 Å². The number of carbonyl (C=O) groups is 2. The molecule has 0 radical (unpaired) electrons. The predicted octanol–water partition coefficient (Wildman–Crippen LogP) is 5.31. The lowest BCUT2D eigenvalue weighted by atomic mass is 10.00. The fourth-order valence-corrected chi connectivity index (χ4v) is 3.30. The molecule has 0 spiro atoms. The van der Waals surface area contributed by atoms with E-state index in [0.717, 1.165) is 16.7 Å². The third-order valence-electron chi connectivity index (χ3n) is 4.50. The highest BCUT2D eigenvalue weighted by atomic mass is 35.5. The molecule has 0 unspecified atom stereocenters. The summed E-state index contributed by atoms with van der Waals surface area (Å²) in [7, 11) is 2.73. The smallest absolute Gasteiger partial charge is 0.455 e. The van der Waals surface area contributed by atoms with Crippen LogP contribution in [-0.4, -0.2) is 47.2 Å². The molecule has 34 heavy (non-hydrogen) atoms. The quantitative estimate of drug-likeness (QED) is 0.424. The molecule has 1 heterocycles. The van der Waals surface area contributed by atoms with Gasteiger partial charge in [0.15, 0.2) is 5.76 Å². The van der Waals surface area contributed by atoms with Crippen LogP contribution in [0.15, 0.2) is 59.3 Å². The number of aromatic carboxylic acids is 1. The van der Waals surface area contributed by atoms with Gasteiger partial charge in [0.1, 0.15) is 23.6 Å². The largest absolute Gasteiger partial charge is 0.487 e. The van der Waals surface area contributed by atoms with Crippen LogP contribution in [0.5, 0.6) is 5.75 Å². The first-order valence-corrected chi connectivity index (χ1v) is 10.1. The highest BCUT2D eigenvalue weighted by Gasteiger charge is 2.44. The van der Waals surface area contributed by atoms with Gasteiger partial charge in [-0.05, 0) is 11.6 Å². The standard InChI is InChI=1S/C23H18ClF3N2O5/c1-29(2)11-15(21(30)23(25,26)27)20-17(22(31)32)19(28-34-20)14-9-6-10-16(18(14)24)33-12-13-7-4-3-5-8-13/h3-11H,12H2,1-2H3,(H,31,32). The van der Waals surface area contributed by atoms with Gasteiger partial charge in [0.25, 0.3) is 5.78 Å². The third kappa shape index (κ3) is 5.40. The Kier molecular flexibility index (Phi) is 7.31. The Balaban J connectivity index is 2.08. The number of aromatic nitrogens is 1. The first-order valence-electron chi connectivity index (χ1n) is 9.69. The summed E-state index contributed by atoms with van der Waals surface area (Å²) in [5.41, 5.74) is -1.21. The van der Waals surface area contributed by atoms with E-state index in [4.69, 9.17) is 20.9 Å². The number of halogens is 4. The molecule has 0 aliphatic heterocycles. The summed E-state index contributed by atoms with van der Waals surface area (Å²) in [6, 6.07) is 13.6. The molecule has 0 atom stereocenters. The molecule has 178 valence electrons. The van der Waals surface area contributed by atoms with Crippen molar-refractivity contribution in [2.45, 2.75) is 12.8 Å². The van der Waals surface area contributed by atoms with Crippen molar-refractivity contribution in [1.29, 1.82) is 0 Å². The van der Waals surface area contributed by atoms with Crippen LogP contribution in [0, 0.1) is 0 Å². The van der Waals surface area contributed by atoms with Crippen LogP contribution in [0.25, 0.3) is 16.8 Å². The van der Waals surface area contributed by atoms with E-state index in [-0.39, 0.29) is 28.6 Å². The number of allylic oxidation sites excluding steroid dienone is 1. The van der Waals surface area contributed by atoms with Crippen molar-refractivity contribution < 1.29 is 37.1 Å². The number of Topliss-reactive ketones (excluding diaryl/α,β-unsaturated/α-hetero) is 1. The minimum atomic E-state index is -5.27. The molecule has 0 fully saturated rings. The second-order valence-corrected chi connectivity index (χ2v) is 7.64. The molecule has 0 saturated heterocycles. The molecule has 3 rings (SSSR count). The van der Waals surface area contributed by atoms with Gasteiger partial charge in [-0.2, -0.15) is 13.2 Å². The average Bonchev–Trinajstić information content (AvgIpc) is 3.21. The number of carbonyl (C=O) groups excluding carboxylic acids is 1. The number of alkyl halides is 3. The number of ether oxygens (including phenoxy) is 1. The SMILES string of the molecule is CN(C)C=C(C(=O)C(F)(F)F)c1onc(-c2cccc(OCc3ccccc3)c2Cl)c1C(=O)O. The van der Waals surface area contributed by atoms with Gasteiger partial charge in [-0.15, -0.1) is 0 Å². The van der Waals surface area contributed by atoms with Crippen molar-refractivity contribution in [1.82, 2.24) is 10.1 Å². The fraction of sp³-hybridized carbons (Fsp3) is 0.174. The highest BCUT2D eigenvalue weighted by molar-refractivity contribution is 6.35. The maximum absolute atomic E-state index is 13.2. The number of ketones is 1. The van der Waals surface area contributed by atoms with E-state index >= 15 is 0 Å². The normalized spacial score (nSPS) is 11.9. The number of nitrogens with zero attached hydrogens (tertiary/aromatic N) is 2. The Morgan fingerprint density at radius 3 is 2.41 bits per heavy atom. The average molecular weight is 495 g/mol. The lowest BCUT2D eigenvalue weighted by molar-refractivity contribution is -0.164. The van der Waals surface area contributed by atoms with Crippen LogP contribution in [0.1, 0.15) is 21.7 Å². The highest BCUT2D eigenvalue weighted by Crippen LogP contribution is 2.39. The van der Waals surface area contributed by atoms with Gasteiger partial charge in [0, 0.05) is 25.9 Å². The van der Waals surface area contributed by atoms with E-state index in [0.29, 0.717) is 0 Å². The molecule has 0 aliphatic carbocycles. The Labute approximate surface area is 197 Å². The van der Waals surface area contributed by atoms with Gasteiger partial charge >= 0.3 is 12.1 Å². The molecule has 0 aliphatic rings. The van der Waals surface area contributed by atoms with Crippen molar-refractivity contribution in [2.24, 2.45) is 0 Å². The second-order valence-electron chi connectivity index (χ2n) is 7.27. The summed E-state index contributed by atoms with van der Waals surface area (Å²) in [4.78, 5) is 25.2. The summed E-state index contributed by atoms with van der Waals surface area (Å²) in [6.07, 6.45) is -4.46. The van der Waals surface area contributed by atoms with Gasteiger partial charge in [-0.25, -0.2) is 4.79 Å². The van der Waals surface area contributed by atoms with E-state index in [1.165, 1.54) is 26.2 Å². The zero-order valence-corrected chi connectivity index (χ0v) is 18.6. The molecule has 11 heteroatoms. The van der Waals surface area contributed by atoms with E-state index in [1.807, 2.05) is 30.3 Å². The van der Waals surface area contributed by atoms with Crippen molar-refractivity contribution in [2.75, 3.05) is 14.1 Å². The Hall–Kier alpha value is -3.79. The van der Waals surface area contributed by atoms with Gasteiger partial charge in [0.05, 0.1) is 10.6 Å². The molecular weight excluding hydrogens is 477 g/mol. The summed E-state index contributed by atoms with van der Waals surface area (Å²) >= 11 is 6.43. The molecule has 2 aromatic carbocycles. The molecule has 3 aromatic rings. The van der Waals surface area contributed by atoms with Gasteiger partial charge in [0.2, 0.25) is 0 Å². The Morgan fingerprint density at radius 1 is 1.15 bits per heavy atom. The van der Waals surface area contributed by atoms with Crippen LogP contribution in [0.3, 0.4) is 0 Å². The van der Waals surface area contributed by atoms with Crippen molar-refractivity contribution in [3.05, 3.63) is 76.6 Å². The molecule has 0 bridgehead atoms. The maximum Gasteiger partial charge on any atom is 0.455 e. The van der Waals surface area contributed by atoms with Crippen LogP contribution in [-0.2, 0) is 11.4 Å². The number of benzene rings is 2. The summed E-state index contributed by atoms with van der Waals surface area (Å²) in [5, 5.41) is 13.4. The Bertz CT molecular complexity index is 1240. The first kappa shape index (κ1) is 24.8. The summed E-state index contributed by atoms with van der Waals surface area (Å²) in [6.45, 7) is 0.162. The number of hydrogen-bond acceptors (Lipinski definition) is 6. The zero-order valence-electron chi connectivity index (χ0n) is 17.9. The number of carboxylic acids is 1. The van der Waals surface area contributed by atoms with E-state index < -0.39 is 34.8 Å². The molecule has 1 N–H and O–H groups in total. The van der Waals surface area contributed by atoms with Crippen molar-refractivity contribution >= 4 is 28.9 Å². The number of rotatable bonds is 8. The zero-order chi connectivity index (χ0) is 25.0.